The normalized spacial score (nSPS) is 11.2. The van der Waals surface area contributed by atoms with Gasteiger partial charge in [0.15, 0.2) is 0 Å². The molecule has 21 heavy (non-hydrogen) atoms. The summed E-state index contributed by atoms with van der Waals surface area (Å²) in [5.41, 5.74) is -3.58. The van der Waals surface area contributed by atoms with E-state index in [4.69, 9.17) is 16.9 Å². The van der Waals surface area contributed by atoms with Crippen LogP contribution in [0.2, 0.25) is 5.02 Å². The van der Waals surface area contributed by atoms with Crippen molar-refractivity contribution in [3.05, 3.63) is 61.4 Å². The predicted octanol–water partition coefficient (Wildman–Crippen LogP) is 2.07. The van der Waals surface area contributed by atoms with Crippen LogP contribution in [0, 0.1) is 11.3 Å². The first-order chi connectivity index (χ1) is 9.72. The highest BCUT2D eigenvalue weighted by atomic mass is 35.5. The van der Waals surface area contributed by atoms with E-state index in [1.54, 1.807) is 0 Å². The number of aromatic amines is 1. The van der Waals surface area contributed by atoms with Gasteiger partial charge in [-0.05, 0) is 18.2 Å². The third-order valence-corrected chi connectivity index (χ3v) is 2.77. The van der Waals surface area contributed by atoms with Gasteiger partial charge in [-0.15, -0.1) is 0 Å². The molecule has 0 unspecified atom stereocenters. The molecule has 0 saturated carbocycles. The monoisotopic (exact) mass is 315 g/mol. The first-order valence-electron chi connectivity index (χ1n) is 5.36. The SMILES string of the molecule is N#Cc1cn(-c2cc(Cl)cc(C(F)(F)F)c2)c(=O)[nH]c1=O. The van der Waals surface area contributed by atoms with Crippen molar-refractivity contribution in [1.82, 2.24) is 9.55 Å². The van der Waals surface area contributed by atoms with E-state index in [9.17, 15) is 22.8 Å². The molecular formula is C12H5ClF3N3O2. The van der Waals surface area contributed by atoms with E-state index in [0.717, 1.165) is 12.3 Å². The molecule has 1 aromatic carbocycles. The third kappa shape index (κ3) is 2.98. The molecule has 1 N–H and O–H groups in total. The van der Waals surface area contributed by atoms with Crippen LogP contribution in [0.4, 0.5) is 13.2 Å². The highest BCUT2D eigenvalue weighted by Crippen LogP contribution is 2.32. The van der Waals surface area contributed by atoms with Gasteiger partial charge in [0.05, 0.1) is 11.3 Å². The zero-order chi connectivity index (χ0) is 15.8. The number of H-pyrrole nitrogens is 1. The number of hydrogen-bond donors (Lipinski definition) is 1. The smallest absolute Gasteiger partial charge is 0.273 e. The Balaban J connectivity index is 2.74. The lowest BCUT2D eigenvalue weighted by Gasteiger charge is -2.11. The van der Waals surface area contributed by atoms with Crippen molar-refractivity contribution in [1.29, 1.82) is 5.26 Å². The predicted molar refractivity (Wildman–Crippen MR) is 67.4 cm³/mol. The molecule has 0 aliphatic heterocycles. The maximum atomic E-state index is 12.7. The molecule has 0 radical (unpaired) electrons. The van der Waals surface area contributed by atoms with E-state index < -0.39 is 28.6 Å². The Bertz CT molecular complexity index is 862. The van der Waals surface area contributed by atoms with E-state index in [-0.39, 0.29) is 10.7 Å². The van der Waals surface area contributed by atoms with Gasteiger partial charge >= 0.3 is 11.9 Å². The molecule has 0 spiro atoms. The topological polar surface area (TPSA) is 78.7 Å². The summed E-state index contributed by atoms with van der Waals surface area (Å²) in [7, 11) is 0. The fourth-order valence-corrected chi connectivity index (χ4v) is 1.85. The van der Waals surface area contributed by atoms with Crippen molar-refractivity contribution in [2.24, 2.45) is 0 Å². The summed E-state index contributed by atoms with van der Waals surface area (Å²) in [5.74, 6) is 0. The Morgan fingerprint density at radius 3 is 2.48 bits per heavy atom. The minimum atomic E-state index is -4.65. The molecule has 108 valence electrons. The van der Waals surface area contributed by atoms with E-state index in [2.05, 4.69) is 0 Å². The van der Waals surface area contributed by atoms with Crippen molar-refractivity contribution >= 4 is 11.6 Å². The molecule has 2 rings (SSSR count). The van der Waals surface area contributed by atoms with Gasteiger partial charge in [-0.1, -0.05) is 11.6 Å². The number of halogens is 4. The van der Waals surface area contributed by atoms with Gasteiger partial charge in [0.25, 0.3) is 5.56 Å². The van der Waals surface area contributed by atoms with Crippen LogP contribution in [-0.4, -0.2) is 9.55 Å². The number of nitriles is 1. The summed E-state index contributed by atoms with van der Waals surface area (Å²) in [6.07, 6.45) is -3.80. The van der Waals surface area contributed by atoms with E-state index in [1.807, 2.05) is 4.98 Å². The molecule has 9 heteroatoms. The maximum absolute atomic E-state index is 12.7. The summed E-state index contributed by atoms with van der Waals surface area (Å²) in [6.45, 7) is 0. The van der Waals surface area contributed by atoms with E-state index >= 15 is 0 Å². The summed E-state index contributed by atoms with van der Waals surface area (Å²) in [4.78, 5) is 24.7. The van der Waals surface area contributed by atoms with Crippen molar-refractivity contribution in [3.8, 4) is 11.8 Å². The number of benzene rings is 1. The largest absolute Gasteiger partial charge is 0.416 e. The molecule has 0 aliphatic rings. The number of alkyl halides is 3. The standard InChI is InChI=1S/C12H5ClF3N3O2/c13-8-1-7(12(14,15)16)2-9(3-8)19-5-6(4-17)10(20)18-11(19)21/h1-3,5H,(H,18,20,21). The van der Waals surface area contributed by atoms with Crippen molar-refractivity contribution in [3.63, 3.8) is 0 Å². The lowest BCUT2D eigenvalue weighted by molar-refractivity contribution is -0.137. The molecular weight excluding hydrogens is 311 g/mol. The second kappa shape index (κ2) is 5.10. The van der Waals surface area contributed by atoms with E-state index in [0.29, 0.717) is 16.7 Å². The van der Waals surface area contributed by atoms with Crippen LogP contribution in [0.5, 0.6) is 0 Å². The Morgan fingerprint density at radius 2 is 1.90 bits per heavy atom. The molecule has 5 nitrogen and oxygen atoms in total. The summed E-state index contributed by atoms with van der Waals surface area (Å²) < 4.78 is 38.9. The first kappa shape index (κ1) is 14.9. The Kier molecular flexibility index (Phi) is 3.61. The average Bonchev–Trinajstić information content (AvgIpc) is 2.37. The Morgan fingerprint density at radius 1 is 1.24 bits per heavy atom. The van der Waals surface area contributed by atoms with Crippen molar-refractivity contribution < 1.29 is 13.2 Å². The quantitative estimate of drug-likeness (QED) is 0.875. The Hall–Kier alpha value is -2.53. The van der Waals surface area contributed by atoms with Gasteiger partial charge in [0.1, 0.15) is 11.6 Å². The highest BCUT2D eigenvalue weighted by Gasteiger charge is 2.31. The molecule has 1 aromatic heterocycles. The lowest BCUT2D eigenvalue weighted by atomic mass is 10.2. The molecule has 0 aliphatic carbocycles. The maximum Gasteiger partial charge on any atom is 0.416 e. The number of aromatic nitrogens is 2. The summed E-state index contributed by atoms with van der Waals surface area (Å²) in [5, 5.41) is 8.49. The Labute approximate surface area is 119 Å². The zero-order valence-corrected chi connectivity index (χ0v) is 10.8. The van der Waals surface area contributed by atoms with Gasteiger partial charge in [0, 0.05) is 11.2 Å². The van der Waals surface area contributed by atoms with Crippen LogP contribution >= 0.6 is 11.6 Å². The van der Waals surface area contributed by atoms with E-state index in [1.165, 1.54) is 6.07 Å². The lowest BCUT2D eigenvalue weighted by Crippen LogP contribution is -2.30. The highest BCUT2D eigenvalue weighted by molar-refractivity contribution is 6.30. The van der Waals surface area contributed by atoms with Gasteiger partial charge in [-0.25, -0.2) is 4.79 Å². The fourth-order valence-electron chi connectivity index (χ4n) is 1.62. The van der Waals surface area contributed by atoms with Crippen molar-refractivity contribution in [2.75, 3.05) is 0 Å². The summed E-state index contributed by atoms with van der Waals surface area (Å²) >= 11 is 5.61. The number of nitrogens with zero attached hydrogens (tertiary/aromatic N) is 2. The minimum Gasteiger partial charge on any atom is -0.273 e. The molecule has 0 amide bonds. The van der Waals surface area contributed by atoms with Gasteiger partial charge < -0.3 is 0 Å². The average molecular weight is 316 g/mol. The van der Waals surface area contributed by atoms with Gasteiger partial charge in [0.2, 0.25) is 0 Å². The van der Waals surface area contributed by atoms with Crippen LogP contribution in [-0.2, 0) is 6.18 Å². The van der Waals surface area contributed by atoms with Gasteiger partial charge in [-0.2, -0.15) is 18.4 Å². The number of rotatable bonds is 1. The van der Waals surface area contributed by atoms with Crippen LogP contribution < -0.4 is 11.2 Å². The summed E-state index contributed by atoms with van der Waals surface area (Å²) in [6, 6.07) is 4.03. The molecule has 0 bridgehead atoms. The van der Waals surface area contributed by atoms with Crippen LogP contribution in [0.3, 0.4) is 0 Å². The first-order valence-corrected chi connectivity index (χ1v) is 5.74. The molecule has 1 heterocycles. The van der Waals surface area contributed by atoms with Crippen molar-refractivity contribution in [2.45, 2.75) is 6.18 Å². The fraction of sp³-hybridized carbons (Fsp3) is 0.0833. The molecule has 2 aromatic rings. The molecule has 0 fully saturated rings. The molecule has 0 saturated heterocycles. The minimum absolute atomic E-state index is 0.215. The molecule has 0 atom stereocenters. The van der Waals surface area contributed by atoms with Crippen LogP contribution in [0.1, 0.15) is 11.1 Å². The second-order valence-corrected chi connectivity index (χ2v) is 4.42. The third-order valence-electron chi connectivity index (χ3n) is 2.55. The second-order valence-electron chi connectivity index (χ2n) is 3.98. The van der Waals surface area contributed by atoms with Gasteiger partial charge in [-0.3, -0.25) is 14.3 Å². The number of nitrogens with one attached hydrogen (secondary N) is 1. The van der Waals surface area contributed by atoms with Crippen LogP contribution in [0.25, 0.3) is 5.69 Å². The zero-order valence-electron chi connectivity index (χ0n) is 10.0. The van der Waals surface area contributed by atoms with Crippen LogP contribution in [0.15, 0.2) is 34.0 Å². The number of hydrogen-bond acceptors (Lipinski definition) is 3.